The number of nitrogens with zero attached hydrogens (tertiary/aromatic N) is 3. The summed E-state index contributed by atoms with van der Waals surface area (Å²) in [7, 11) is 0. The van der Waals surface area contributed by atoms with Crippen LogP contribution in [0.15, 0.2) is 42.9 Å². The van der Waals surface area contributed by atoms with Crippen LogP contribution in [0.4, 0.5) is 17.6 Å². The van der Waals surface area contributed by atoms with E-state index >= 15 is 0 Å². The lowest BCUT2D eigenvalue weighted by Crippen LogP contribution is -2.36. The zero-order valence-corrected chi connectivity index (χ0v) is 15.8. The lowest BCUT2D eigenvalue weighted by atomic mass is 10.0. The molecule has 30 heavy (non-hydrogen) atoms. The number of carbonyl (C=O) groups is 1. The van der Waals surface area contributed by atoms with Gasteiger partial charge in [-0.3, -0.25) is 4.79 Å². The van der Waals surface area contributed by atoms with Crippen LogP contribution >= 0.6 is 0 Å². The van der Waals surface area contributed by atoms with Crippen molar-refractivity contribution in [2.45, 2.75) is 32.0 Å². The van der Waals surface area contributed by atoms with Crippen LogP contribution in [-0.4, -0.2) is 26.4 Å². The molecule has 0 aliphatic carbocycles. The zero-order valence-electron chi connectivity index (χ0n) is 15.8. The average Bonchev–Trinajstić information content (AvgIpc) is 3.09. The molecule has 0 spiro atoms. The van der Waals surface area contributed by atoms with Crippen molar-refractivity contribution in [1.82, 2.24) is 14.5 Å². The van der Waals surface area contributed by atoms with Gasteiger partial charge >= 0.3 is 0 Å². The molecular formula is C21H18F4N4O. The molecule has 5 nitrogen and oxygen atoms in total. The number of rotatable bonds is 4. The van der Waals surface area contributed by atoms with Gasteiger partial charge in [0.1, 0.15) is 11.6 Å². The predicted octanol–water partition coefficient (Wildman–Crippen LogP) is 3.23. The Morgan fingerprint density at radius 1 is 1.07 bits per heavy atom. The van der Waals surface area contributed by atoms with Crippen LogP contribution in [0.25, 0.3) is 5.69 Å². The molecule has 0 saturated heterocycles. The maximum absolute atomic E-state index is 13.9. The van der Waals surface area contributed by atoms with E-state index in [1.807, 2.05) is 0 Å². The minimum absolute atomic E-state index is 0.0936. The van der Waals surface area contributed by atoms with Gasteiger partial charge in [0.05, 0.1) is 30.5 Å². The van der Waals surface area contributed by atoms with E-state index in [9.17, 15) is 22.4 Å². The first-order valence-electron chi connectivity index (χ1n) is 9.28. The number of benzene rings is 2. The molecule has 4 rings (SSSR count). The molecule has 2 heterocycles. The summed E-state index contributed by atoms with van der Waals surface area (Å²) in [6.45, 7) is 0.476. The fourth-order valence-corrected chi connectivity index (χ4v) is 3.61. The second-order valence-corrected chi connectivity index (χ2v) is 7.30. The number of nitrogens with two attached hydrogens (primary N) is 1. The predicted molar refractivity (Wildman–Crippen MR) is 100 cm³/mol. The van der Waals surface area contributed by atoms with E-state index in [0.29, 0.717) is 17.4 Å². The van der Waals surface area contributed by atoms with Gasteiger partial charge in [0.2, 0.25) is 5.91 Å². The van der Waals surface area contributed by atoms with Gasteiger partial charge in [0.25, 0.3) is 0 Å². The van der Waals surface area contributed by atoms with Gasteiger partial charge in [-0.2, -0.15) is 0 Å². The molecule has 1 aliphatic rings. The summed E-state index contributed by atoms with van der Waals surface area (Å²) in [4.78, 5) is 18.5. The van der Waals surface area contributed by atoms with E-state index in [4.69, 9.17) is 5.73 Å². The van der Waals surface area contributed by atoms with Crippen LogP contribution in [0.1, 0.15) is 23.2 Å². The SMILES string of the molecule is NC(CC(=O)N1Cc2ccc(F)cc2-n2cncc2C1)Cc1cc(F)c(F)cc1F. The number of amides is 1. The fraction of sp³-hybridized carbons (Fsp3) is 0.238. The van der Waals surface area contributed by atoms with Gasteiger partial charge in [-0.15, -0.1) is 0 Å². The minimum Gasteiger partial charge on any atom is -0.332 e. The third-order valence-electron chi connectivity index (χ3n) is 5.10. The van der Waals surface area contributed by atoms with Gasteiger partial charge in [-0.05, 0) is 35.7 Å². The molecule has 1 amide bonds. The van der Waals surface area contributed by atoms with Crippen LogP contribution in [0.5, 0.6) is 0 Å². The summed E-state index contributed by atoms with van der Waals surface area (Å²) in [5, 5.41) is 0. The van der Waals surface area contributed by atoms with Crippen molar-refractivity contribution < 1.29 is 22.4 Å². The lowest BCUT2D eigenvalue weighted by molar-refractivity contribution is -0.132. The second kappa shape index (κ2) is 7.91. The highest BCUT2D eigenvalue weighted by molar-refractivity contribution is 5.77. The van der Waals surface area contributed by atoms with E-state index in [1.54, 1.807) is 28.1 Å². The molecule has 1 unspecified atom stereocenters. The van der Waals surface area contributed by atoms with E-state index in [1.165, 1.54) is 12.1 Å². The summed E-state index contributed by atoms with van der Waals surface area (Å²) >= 11 is 0. The maximum Gasteiger partial charge on any atom is 0.224 e. The molecule has 1 atom stereocenters. The van der Waals surface area contributed by atoms with Gasteiger partial charge in [-0.25, -0.2) is 22.5 Å². The normalized spacial score (nSPS) is 14.1. The molecule has 0 bridgehead atoms. The summed E-state index contributed by atoms with van der Waals surface area (Å²) in [6, 6.07) is 4.73. The summed E-state index contributed by atoms with van der Waals surface area (Å²) < 4.78 is 55.8. The molecule has 0 radical (unpaired) electrons. The first-order valence-corrected chi connectivity index (χ1v) is 9.28. The van der Waals surface area contributed by atoms with Crippen molar-refractivity contribution in [3.63, 3.8) is 0 Å². The number of carbonyl (C=O) groups excluding carboxylic acids is 1. The van der Waals surface area contributed by atoms with Crippen LogP contribution in [0.3, 0.4) is 0 Å². The lowest BCUT2D eigenvalue weighted by Gasteiger charge is -2.22. The molecule has 0 saturated carbocycles. The van der Waals surface area contributed by atoms with Crippen LogP contribution in [0.2, 0.25) is 0 Å². The number of imidazole rings is 1. The quantitative estimate of drug-likeness (QED) is 0.523. The Balaban J connectivity index is 1.51. The van der Waals surface area contributed by atoms with Crippen molar-refractivity contribution in [2.24, 2.45) is 5.73 Å². The monoisotopic (exact) mass is 418 g/mol. The highest BCUT2D eigenvalue weighted by Crippen LogP contribution is 2.26. The Kier molecular flexibility index (Phi) is 5.29. The Labute approximate surface area is 169 Å². The summed E-state index contributed by atoms with van der Waals surface area (Å²) in [6.07, 6.45) is 2.90. The molecule has 1 aromatic heterocycles. The summed E-state index contributed by atoms with van der Waals surface area (Å²) in [5.74, 6) is -4.06. The Morgan fingerprint density at radius 3 is 2.63 bits per heavy atom. The Hall–Kier alpha value is -3.20. The van der Waals surface area contributed by atoms with Crippen LogP contribution in [-0.2, 0) is 24.3 Å². The first kappa shape index (κ1) is 20.1. The summed E-state index contributed by atoms with van der Waals surface area (Å²) in [5.41, 5.74) is 7.95. The first-order chi connectivity index (χ1) is 14.3. The largest absolute Gasteiger partial charge is 0.332 e. The smallest absolute Gasteiger partial charge is 0.224 e. The third-order valence-corrected chi connectivity index (χ3v) is 5.10. The zero-order chi connectivity index (χ0) is 21.4. The number of hydrogen-bond acceptors (Lipinski definition) is 3. The molecule has 2 aromatic carbocycles. The van der Waals surface area contributed by atoms with E-state index in [2.05, 4.69) is 4.98 Å². The van der Waals surface area contributed by atoms with Crippen molar-refractivity contribution in [3.05, 3.63) is 82.9 Å². The molecular weight excluding hydrogens is 400 g/mol. The highest BCUT2D eigenvalue weighted by atomic mass is 19.2. The highest BCUT2D eigenvalue weighted by Gasteiger charge is 2.25. The van der Waals surface area contributed by atoms with Gasteiger partial charge in [0, 0.05) is 25.1 Å². The van der Waals surface area contributed by atoms with Gasteiger partial charge in [0.15, 0.2) is 11.6 Å². The number of hydrogen-bond donors (Lipinski definition) is 1. The van der Waals surface area contributed by atoms with Crippen LogP contribution < -0.4 is 5.73 Å². The Morgan fingerprint density at radius 2 is 1.83 bits per heavy atom. The fourth-order valence-electron chi connectivity index (χ4n) is 3.61. The van der Waals surface area contributed by atoms with Crippen molar-refractivity contribution in [3.8, 4) is 5.69 Å². The van der Waals surface area contributed by atoms with Crippen molar-refractivity contribution >= 4 is 5.91 Å². The maximum atomic E-state index is 13.9. The molecule has 2 N–H and O–H groups in total. The average molecular weight is 418 g/mol. The van der Waals surface area contributed by atoms with E-state index < -0.39 is 29.3 Å². The molecule has 1 aliphatic heterocycles. The Bertz CT molecular complexity index is 1110. The molecule has 3 aromatic rings. The van der Waals surface area contributed by atoms with Crippen molar-refractivity contribution in [2.75, 3.05) is 0 Å². The molecule has 9 heteroatoms. The topological polar surface area (TPSA) is 64.2 Å². The standard InChI is InChI=1S/C21H18F4N4O/c22-14-2-1-12-9-28(10-16-8-27-11-29(16)20(12)5-14)21(30)6-15(26)3-13-4-18(24)19(25)7-17(13)23/h1-2,4-5,7-8,11,15H,3,6,9-10,26H2. The number of fused-ring (bicyclic) bond motifs is 3. The molecule has 156 valence electrons. The van der Waals surface area contributed by atoms with Gasteiger partial charge < -0.3 is 15.2 Å². The van der Waals surface area contributed by atoms with Crippen molar-refractivity contribution in [1.29, 1.82) is 0 Å². The van der Waals surface area contributed by atoms with E-state index in [0.717, 1.165) is 11.6 Å². The van der Waals surface area contributed by atoms with Gasteiger partial charge in [-0.1, -0.05) is 6.07 Å². The number of aromatic nitrogens is 2. The third kappa shape index (κ3) is 3.93. The number of halogens is 4. The minimum atomic E-state index is -1.28. The second-order valence-electron chi connectivity index (χ2n) is 7.30. The van der Waals surface area contributed by atoms with Crippen LogP contribution in [0, 0.1) is 23.3 Å². The van der Waals surface area contributed by atoms with E-state index in [-0.39, 0.29) is 37.4 Å². The molecule has 0 fully saturated rings.